The van der Waals surface area contributed by atoms with Gasteiger partial charge in [-0.1, -0.05) is 140 Å². The van der Waals surface area contributed by atoms with Gasteiger partial charge in [0.05, 0.1) is 68.1 Å². The summed E-state index contributed by atoms with van der Waals surface area (Å²) in [5, 5.41) is 29.0. The van der Waals surface area contributed by atoms with E-state index in [2.05, 4.69) is 193 Å². The third-order valence-corrected chi connectivity index (χ3v) is 18.1. The molecule has 16 rings (SSSR count). The van der Waals surface area contributed by atoms with Crippen LogP contribution in [0.3, 0.4) is 0 Å². The van der Waals surface area contributed by atoms with E-state index in [1.165, 1.54) is 25.7 Å². The summed E-state index contributed by atoms with van der Waals surface area (Å²) in [6.07, 6.45) is 3.65. The minimum absolute atomic E-state index is 0.426. The number of nitriles is 2. The predicted molar refractivity (Wildman–Crippen MR) is 339 cm³/mol. The molecule has 0 atom stereocenters. The number of hydrogen-bond acceptors (Lipinski definition) is 9. The van der Waals surface area contributed by atoms with Crippen molar-refractivity contribution >= 4 is 107 Å². The molecule has 0 saturated heterocycles. The molecule has 0 aliphatic rings. The number of aromatic nitrogens is 5. The van der Waals surface area contributed by atoms with Crippen molar-refractivity contribution in [2.24, 2.45) is 0 Å². The third-order valence-electron chi connectivity index (χ3n) is 15.8. The van der Waals surface area contributed by atoms with E-state index in [0.29, 0.717) is 11.1 Å². The minimum atomic E-state index is 0.426. The molecule has 16 aromatic rings. The van der Waals surface area contributed by atoms with Crippen molar-refractivity contribution in [1.29, 1.82) is 10.5 Å². The van der Waals surface area contributed by atoms with Crippen LogP contribution in [0.15, 0.2) is 237 Å². The lowest BCUT2D eigenvalue weighted by atomic mass is 9.91. The fourth-order valence-corrected chi connectivity index (χ4v) is 14.2. The van der Waals surface area contributed by atoms with Gasteiger partial charge in [0.25, 0.3) is 0 Å². The van der Waals surface area contributed by atoms with E-state index < -0.39 is 0 Å². The monoisotopic (exact) mass is 1080 g/mol. The Balaban J connectivity index is 0.890. The van der Waals surface area contributed by atoms with Crippen LogP contribution in [0.25, 0.3) is 162 Å². The molecule has 0 saturated carbocycles. The lowest BCUT2D eigenvalue weighted by Gasteiger charge is -2.15. The molecule has 7 heterocycles. The van der Waals surface area contributed by atoms with Crippen molar-refractivity contribution in [1.82, 2.24) is 24.9 Å². The lowest BCUT2D eigenvalue weighted by Crippen LogP contribution is -1.94. The average Bonchev–Trinajstić information content (AvgIpc) is 4.22. The smallest absolute Gasteiger partial charge is 0.0992 e. The molecule has 0 bridgehead atoms. The zero-order valence-electron chi connectivity index (χ0n) is 43.5. The van der Waals surface area contributed by atoms with Gasteiger partial charge in [0.15, 0.2) is 0 Å². The maximum atomic E-state index is 10.2. The first-order chi connectivity index (χ1) is 40.5. The molecule has 7 nitrogen and oxygen atoms in total. The molecule has 0 amide bonds. The number of fused-ring (bicyclic) bond motifs is 12. The van der Waals surface area contributed by atoms with Crippen LogP contribution in [0.2, 0.25) is 0 Å². The maximum Gasteiger partial charge on any atom is 0.0992 e. The van der Waals surface area contributed by atoms with E-state index in [1.54, 1.807) is 17.4 Å². The van der Waals surface area contributed by atoms with Gasteiger partial charge >= 0.3 is 0 Å². The highest BCUT2D eigenvalue weighted by atomic mass is 32.1. The zero-order valence-corrected chi connectivity index (χ0v) is 45.1. The molecular weight excluding hydrogens is 1040 g/mol. The highest BCUT2D eigenvalue weighted by molar-refractivity contribution is 7.26. The van der Waals surface area contributed by atoms with E-state index in [9.17, 15) is 10.5 Å². The van der Waals surface area contributed by atoms with E-state index >= 15 is 0 Å². The molecule has 0 unspecified atom stereocenters. The van der Waals surface area contributed by atoms with Gasteiger partial charge in [0.2, 0.25) is 0 Å². The number of thiophene rings is 2. The second-order valence-corrected chi connectivity index (χ2v) is 22.7. The second kappa shape index (κ2) is 18.9. The summed E-state index contributed by atoms with van der Waals surface area (Å²) in [6.45, 7) is 0. The molecule has 0 N–H and O–H groups in total. The summed E-state index contributed by atoms with van der Waals surface area (Å²) in [6, 6.07) is 82.7. The maximum absolute atomic E-state index is 10.2. The van der Waals surface area contributed by atoms with Crippen LogP contribution in [0.5, 0.6) is 0 Å². The molecule has 0 aliphatic heterocycles. The van der Waals surface area contributed by atoms with Gasteiger partial charge in [-0.2, -0.15) is 10.5 Å². The highest BCUT2D eigenvalue weighted by Gasteiger charge is 2.22. The van der Waals surface area contributed by atoms with Gasteiger partial charge < -0.3 is 0 Å². The zero-order chi connectivity index (χ0) is 54.4. The normalized spacial score (nSPS) is 11.6. The Labute approximate surface area is 477 Å². The van der Waals surface area contributed by atoms with Gasteiger partial charge in [-0.05, 0) is 113 Å². The second-order valence-electron chi connectivity index (χ2n) is 20.5. The summed E-state index contributed by atoms with van der Waals surface area (Å²) < 4.78 is 4.62. The van der Waals surface area contributed by atoms with Crippen molar-refractivity contribution < 1.29 is 0 Å². The lowest BCUT2D eigenvalue weighted by molar-refractivity contribution is 1.33. The van der Waals surface area contributed by atoms with Gasteiger partial charge in [-0.15, -0.1) is 22.7 Å². The quantitative estimate of drug-likeness (QED) is 0.146. The first-order valence-corrected chi connectivity index (χ1v) is 28.5. The number of pyridine rings is 5. The van der Waals surface area contributed by atoms with Gasteiger partial charge in [0.1, 0.15) is 0 Å². The van der Waals surface area contributed by atoms with Gasteiger partial charge in [-0.3, -0.25) is 9.97 Å². The topological polar surface area (TPSA) is 112 Å². The number of benzene rings is 9. The van der Waals surface area contributed by atoms with E-state index in [4.69, 9.17) is 19.9 Å². The van der Waals surface area contributed by atoms with E-state index in [1.807, 2.05) is 66.2 Å². The van der Waals surface area contributed by atoms with Gasteiger partial charge in [-0.25, -0.2) is 15.0 Å². The third kappa shape index (κ3) is 7.79. The Morgan fingerprint density at radius 3 is 1.63 bits per heavy atom. The number of rotatable bonds is 7. The van der Waals surface area contributed by atoms with Crippen molar-refractivity contribution in [3.05, 3.63) is 248 Å². The number of nitrogens with zero attached hydrogens (tertiary/aromatic N) is 7. The molecule has 9 heteroatoms. The Hall–Kier alpha value is -10.8. The van der Waals surface area contributed by atoms with Crippen LogP contribution in [-0.2, 0) is 0 Å². The molecule has 7 aromatic heterocycles. The van der Waals surface area contributed by atoms with E-state index in [0.717, 1.165) is 137 Å². The molecule has 9 aromatic carbocycles. The van der Waals surface area contributed by atoms with Crippen LogP contribution in [-0.4, -0.2) is 24.9 Å². The van der Waals surface area contributed by atoms with Crippen LogP contribution < -0.4 is 0 Å². The molecule has 378 valence electrons. The first kappa shape index (κ1) is 47.2. The summed E-state index contributed by atoms with van der Waals surface area (Å²) in [5.74, 6) is 0. The molecule has 0 spiro atoms. The number of hydrogen-bond donors (Lipinski definition) is 0. The summed E-state index contributed by atoms with van der Waals surface area (Å²) in [5.41, 5.74) is 17.9. The minimum Gasteiger partial charge on any atom is -0.256 e. The fraction of sp³-hybridized carbons (Fsp3) is 0. The van der Waals surface area contributed by atoms with Crippen LogP contribution >= 0.6 is 22.7 Å². The standard InChI is InChI=1S/C73H39N7S2/c74-40-42-34-43(41-75)36-52(35-42)54-26-27-56(73-68(54)59-38-51(24-31-65(59)82-73)61-28-21-48-19-18-47-10-7-33-77-69(47)70(48)78-61)57-39-63(45-8-2-1-3-9-45)80-72-55(57)25-20-49-22-29-62(79-71(49)72)50-23-30-64-58(37-50)67-53(11-6-13-66(67)81-64)44-14-16-46(17-15-44)60-12-4-5-32-76-60/h1-39H. The van der Waals surface area contributed by atoms with Crippen LogP contribution in [0.4, 0.5) is 0 Å². The SMILES string of the molecule is N#Cc1cc(C#N)cc(-c2ccc(-c3cc(-c4ccccc4)nc4c3ccc3ccc(-c5ccc6sc7cccc(-c8ccc(-c9ccccn9)cc8)c7c6c5)nc34)c3sc4ccc(-c5ccc6ccc7cccnc7c6n5)cc4c23)c1. The average molecular weight is 1080 g/mol. The molecule has 0 fully saturated rings. The Morgan fingerprint density at radius 1 is 0.305 bits per heavy atom. The summed E-state index contributed by atoms with van der Waals surface area (Å²) >= 11 is 3.55. The summed E-state index contributed by atoms with van der Waals surface area (Å²) in [4.78, 5) is 25.7. The van der Waals surface area contributed by atoms with Gasteiger partial charge in [0, 0.05) is 102 Å². The van der Waals surface area contributed by atoms with Crippen LogP contribution in [0, 0.1) is 22.7 Å². The Morgan fingerprint density at radius 2 is 0.902 bits per heavy atom. The fourth-order valence-electron chi connectivity index (χ4n) is 11.9. The Kier molecular flexibility index (Phi) is 10.9. The summed E-state index contributed by atoms with van der Waals surface area (Å²) in [7, 11) is 0. The Bertz CT molecular complexity index is 5390. The van der Waals surface area contributed by atoms with E-state index in [-0.39, 0.29) is 0 Å². The first-order valence-electron chi connectivity index (χ1n) is 26.9. The molecule has 0 aliphatic carbocycles. The van der Waals surface area contributed by atoms with Crippen LogP contribution in [0.1, 0.15) is 11.1 Å². The van der Waals surface area contributed by atoms with Crippen molar-refractivity contribution in [2.75, 3.05) is 0 Å². The molecule has 82 heavy (non-hydrogen) atoms. The van der Waals surface area contributed by atoms with Crippen molar-refractivity contribution in [2.45, 2.75) is 0 Å². The molecular formula is C73H39N7S2. The molecule has 0 radical (unpaired) electrons. The largest absolute Gasteiger partial charge is 0.256 e. The predicted octanol–water partition coefficient (Wildman–Crippen LogP) is 19.4. The van der Waals surface area contributed by atoms with Crippen molar-refractivity contribution in [3.8, 4) is 90.5 Å². The van der Waals surface area contributed by atoms with Crippen molar-refractivity contribution in [3.63, 3.8) is 0 Å². The highest BCUT2D eigenvalue weighted by Crippen LogP contribution is 2.49.